The van der Waals surface area contributed by atoms with Crippen molar-refractivity contribution in [2.75, 3.05) is 6.54 Å². The van der Waals surface area contributed by atoms with Gasteiger partial charge in [-0.15, -0.1) is 0 Å². The number of nitrogens with zero attached hydrogens (tertiary/aromatic N) is 2. The highest BCUT2D eigenvalue weighted by atomic mass is 35.5. The van der Waals surface area contributed by atoms with Crippen molar-refractivity contribution in [2.24, 2.45) is 11.8 Å². The monoisotopic (exact) mass is 508 g/mol. The normalized spacial score (nSPS) is 15.8. The number of hydrogen-bond donors (Lipinski definition) is 0. The van der Waals surface area contributed by atoms with Crippen LogP contribution in [-0.2, 0) is 11.2 Å². The predicted octanol–water partition coefficient (Wildman–Crippen LogP) is 8.37. The van der Waals surface area contributed by atoms with Crippen molar-refractivity contribution in [2.45, 2.75) is 66.8 Å². The van der Waals surface area contributed by atoms with Crippen LogP contribution in [0.15, 0.2) is 36.4 Å². The van der Waals surface area contributed by atoms with Crippen LogP contribution in [0, 0.1) is 30.1 Å². The minimum atomic E-state index is 0.348. The number of likely N-dealkylation sites (tertiary alicyclic amines) is 1. The van der Waals surface area contributed by atoms with Gasteiger partial charge in [0.15, 0.2) is 0 Å². The highest BCUT2D eigenvalue weighted by Crippen LogP contribution is 2.28. The van der Waals surface area contributed by atoms with Gasteiger partial charge in [0.25, 0.3) is 0 Å². The minimum Gasteiger partial charge on any atom is -0.340 e. The number of nitriles is 1. The van der Waals surface area contributed by atoms with Crippen LogP contribution >= 0.6 is 34.8 Å². The molecule has 0 aliphatic carbocycles. The largest absolute Gasteiger partial charge is 0.340 e. The first-order valence-corrected chi connectivity index (χ1v) is 12.6. The number of carbonyl (C=O) groups is 1. The van der Waals surface area contributed by atoms with E-state index in [0.717, 1.165) is 40.6 Å². The molecule has 0 aromatic heterocycles. The number of carbonyl (C=O) groups excluding carboxylic acids is 1. The lowest BCUT2D eigenvalue weighted by atomic mass is 9.91. The fourth-order valence-electron chi connectivity index (χ4n) is 3.50. The molecule has 6 heteroatoms. The average Bonchev–Trinajstić information content (AvgIpc) is 3.18. The third-order valence-corrected chi connectivity index (χ3v) is 6.81. The molecule has 1 amide bonds. The molecule has 0 N–H and O–H groups in total. The number of aryl methyl sites for hydroxylation is 2. The van der Waals surface area contributed by atoms with Crippen molar-refractivity contribution in [1.29, 1.82) is 5.26 Å². The maximum atomic E-state index is 11.6. The van der Waals surface area contributed by atoms with E-state index in [9.17, 15) is 4.79 Å². The van der Waals surface area contributed by atoms with Crippen LogP contribution in [-0.4, -0.2) is 23.4 Å². The van der Waals surface area contributed by atoms with E-state index in [0.29, 0.717) is 34.4 Å². The Morgan fingerprint density at radius 1 is 1.06 bits per heavy atom. The summed E-state index contributed by atoms with van der Waals surface area (Å²) in [7, 11) is 0. The Bertz CT molecular complexity index is 944. The molecule has 33 heavy (non-hydrogen) atoms. The summed E-state index contributed by atoms with van der Waals surface area (Å²) < 4.78 is 0. The third-order valence-electron chi connectivity index (χ3n) is 5.89. The second-order valence-corrected chi connectivity index (χ2v) is 9.92. The van der Waals surface area contributed by atoms with Crippen molar-refractivity contribution < 1.29 is 4.79 Å². The Morgan fingerprint density at radius 2 is 1.73 bits per heavy atom. The first-order valence-electron chi connectivity index (χ1n) is 11.4. The summed E-state index contributed by atoms with van der Waals surface area (Å²) in [5, 5.41) is 10.6. The van der Waals surface area contributed by atoms with E-state index < -0.39 is 0 Å². The van der Waals surface area contributed by atoms with E-state index in [-0.39, 0.29) is 0 Å². The Morgan fingerprint density at radius 3 is 2.18 bits per heavy atom. The van der Waals surface area contributed by atoms with E-state index >= 15 is 0 Å². The minimum absolute atomic E-state index is 0.348. The molecule has 180 valence electrons. The molecule has 0 spiro atoms. The zero-order valence-corrected chi connectivity index (χ0v) is 22.7. The molecule has 3 nitrogen and oxygen atoms in total. The molecule has 1 aliphatic rings. The molecule has 0 saturated carbocycles. The summed E-state index contributed by atoms with van der Waals surface area (Å²) in [6.07, 6.45) is 2.89. The van der Waals surface area contributed by atoms with Crippen LogP contribution in [0.3, 0.4) is 0 Å². The predicted molar refractivity (Wildman–Crippen MR) is 141 cm³/mol. The summed E-state index contributed by atoms with van der Waals surface area (Å²) >= 11 is 17.3. The van der Waals surface area contributed by atoms with Crippen LogP contribution in [0.2, 0.25) is 15.1 Å². The third kappa shape index (κ3) is 9.57. The second-order valence-electron chi connectivity index (χ2n) is 8.67. The van der Waals surface area contributed by atoms with Gasteiger partial charge in [-0.2, -0.15) is 5.26 Å². The molecule has 2 aromatic carbocycles. The summed E-state index contributed by atoms with van der Waals surface area (Å²) in [5.41, 5.74) is 2.71. The lowest BCUT2D eigenvalue weighted by Crippen LogP contribution is -2.32. The van der Waals surface area contributed by atoms with Gasteiger partial charge in [0.05, 0.1) is 10.6 Å². The standard InChI is InChI=1S/C11H21NO.C8H8Cl2.C8H6ClN/c1-5-9(4)10-6-11(13)12(7-10)8(2)3;1-2-6-5-7(9)3-4-8(6)10;1-6-2-3-7(5-10)8(9)4-6/h8-10H,5-7H2,1-4H3;3-5H,2H2,1H3;2-4H,1H3. The van der Waals surface area contributed by atoms with Crippen LogP contribution in [0.1, 0.15) is 64.2 Å². The molecule has 3 rings (SSSR count). The highest BCUT2D eigenvalue weighted by molar-refractivity contribution is 6.33. The Balaban J connectivity index is 0.000000251. The topological polar surface area (TPSA) is 44.1 Å². The molecule has 1 heterocycles. The van der Waals surface area contributed by atoms with Gasteiger partial charge in [0.1, 0.15) is 6.07 Å². The molecular weight excluding hydrogens is 475 g/mol. The Labute approximate surface area is 214 Å². The molecule has 0 radical (unpaired) electrons. The lowest BCUT2D eigenvalue weighted by molar-refractivity contribution is -0.129. The second kappa shape index (κ2) is 14.5. The van der Waals surface area contributed by atoms with Crippen LogP contribution in [0.5, 0.6) is 0 Å². The van der Waals surface area contributed by atoms with Crippen LogP contribution in [0.25, 0.3) is 0 Å². The highest BCUT2D eigenvalue weighted by Gasteiger charge is 2.33. The zero-order chi connectivity index (χ0) is 25.1. The van der Waals surface area contributed by atoms with Gasteiger partial charge in [-0.1, -0.05) is 68.1 Å². The molecule has 2 atom stereocenters. The van der Waals surface area contributed by atoms with Gasteiger partial charge in [-0.05, 0) is 80.5 Å². The number of rotatable bonds is 4. The maximum absolute atomic E-state index is 11.6. The Kier molecular flexibility index (Phi) is 12.9. The summed E-state index contributed by atoms with van der Waals surface area (Å²) in [4.78, 5) is 13.6. The first-order chi connectivity index (χ1) is 15.5. The van der Waals surface area contributed by atoms with Gasteiger partial charge in [-0.3, -0.25) is 4.79 Å². The number of amides is 1. The summed E-state index contributed by atoms with van der Waals surface area (Å²) in [6, 6.07) is 13.2. The lowest BCUT2D eigenvalue weighted by Gasteiger charge is -2.22. The van der Waals surface area contributed by atoms with Gasteiger partial charge < -0.3 is 4.90 Å². The van der Waals surface area contributed by atoms with Gasteiger partial charge in [0, 0.05) is 29.1 Å². The summed E-state index contributed by atoms with van der Waals surface area (Å²) in [6.45, 7) is 13.6. The number of hydrogen-bond acceptors (Lipinski definition) is 2. The van der Waals surface area contributed by atoms with E-state index in [1.807, 2.05) is 36.1 Å². The zero-order valence-electron chi connectivity index (χ0n) is 20.5. The van der Waals surface area contributed by atoms with Crippen LogP contribution in [0.4, 0.5) is 0 Å². The molecule has 1 aliphatic heterocycles. The molecule has 0 bridgehead atoms. The summed E-state index contributed by atoms with van der Waals surface area (Å²) in [5.74, 6) is 1.63. The SMILES string of the molecule is CCC(C)C1CC(=O)N(C(C)C)C1.CCc1cc(Cl)ccc1Cl.Cc1ccc(C#N)c(Cl)c1. The van der Waals surface area contributed by atoms with E-state index in [4.69, 9.17) is 40.1 Å². The molecule has 2 aromatic rings. The molecule has 1 saturated heterocycles. The smallest absolute Gasteiger partial charge is 0.223 e. The van der Waals surface area contributed by atoms with Crippen molar-refractivity contribution in [3.05, 3.63) is 68.2 Å². The van der Waals surface area contributed by atoms with Crippen LogP contribution < -0.4 is 0 Å². The molecule has 2 unspecified atom stereocenters. The van der Waals surface area contributed by atoms with Crippen molar-refractivity contribution in [3.8, 4) is 6.07 Å². The van der Waals surface area contributed by atoms with E-state index in [1.54, 1.807) is 18.2 Å². The quantitative estimate of drug-likeness (QED) is 0.415. The van der Waals surface area contributed by atoms with Crippen molar-refractivity contribution in [1.82, 2.24) is 4.90 Å². The van der Waals surface area contributed by atoms with Gasteiger partial charge >= 0.3 is 0 Å². The van der Waals surface area contributed by atoms with E-state index in [1.165, 1.54) is 6.42 Å². The van der Waals surface area contributed by atoms with Gasteiger partial charge in [-0.25, -0.2) is 0 Å². The molecular formula is C27H35Cl3N2O. The van der Waals surface area contributed by atoms with Crippen molar-refractivity contribution in [3.63, 3.8) is 0 Å². The molecule has 1 fully saturated rings. The number of halogens is 3. The fraction of sp³-hybridized carbons (Fsp3) is 0.481. The first kappa shape index (κ1) is 29.3. The Hall–Kier alpha value is -1.73. The van der Waals surface area contributed by atoms with Gasteiger partial charge in [0.2, 0.25) is 5.91 Å². The average molecular weight is 510 g/mol. The maximum Gasteiger partial charge on any atom is 0.223 e. The fourth-order valence-corrected chi connectivity index (χ4v) is 4.22. The van der Waals surface area contributed by atoms with E-state index in [2.05, 4.69) is 34.6 Å². The van der Waals surface area contributed by atoms with Crippen molar-refractivity contribution >= 4 is 40.7 Å². The number of benzene rings is 2.